The minimum absolute atomic E-state index is 0.173. The summed E-state index contributed by atoms with van der Waals surface area (Å²) >= 11 is 0. The number of fused-ring (bicyclic) bond motifs is 1. The summed E-state index contributed by atoms with van der Waals surface area (Å²) in [6.45, 7) is 4.92. The molecule has 186 valence electrons. The van der Waals surface area contributed by atoms with Gasteiger partial charge in [0.25, 0.3) is 0 Å². The predicted octanol–water partition coefficient (Wildman–Crippen LogP) is 3.39. The number of nitrogens with zero attached hydrogens (tertiary/aromatic N) is 6. The van der Waals surface area contributed by atoms with E-state index in [1.807, 2.05) is 73.7 Å². The van der Waals surface area contributed by atoms with Gasteiger partial charge in [-0.1, -0.05) is 42.5 Å². The van der Waals surface area contributed by atoms with Crippen LogP contribution in [-0.2, 0) is 24.3 Å². The van der Waals surface area contributed by atoms with Gasteiger partial charge in [0.15, 0.2) is 5.82 Å². The fourth-order valence-electron chi connectivity index (χ4n) is 4.48. The lowest BCUT2D eigenvalue weighted by molar-refractivity contribution is -0.118. The van der Waals surface area contributed by atoms with Crippen LogP contribution in [0.3, 0.4) is 0 Å². The van der Waals surface area contributed by atoms with Crippen molar-refractivity contribution >= 4 is 17.4 Å². The van der Waals surface area contributed by atoms with Crippen molar-refractivity contribution in [1.82, 2.24) is 25.1 Å². The Hall–Kier alpha value is -4.55. The molecule has 1 amide bonds. The Morgan fingerprint density at radius 2 is 1.86 bits per heavy atom. The number of benzene rings is 2. The van der Waals surface area contributed by atoms with Crippen molar-refractivity contribution in [2.75, 3.05) is 23.3 Å². The Balaban J connectivity index is 1.22. The average Bonchev–Trinajstić information content (AvgIpc) is 3.32. The molecule has 4 aromatic rings. The van der Waals surface area contributed by atoms with Crippen LogP contribution in [0, 0.1) is 18.3 Å². The molecule has 0 fully saturated rings. The first-order valence-corrected chi connectivity index (χ1v) is 12.3. The molecule has 1 aliphatic rings. The van der Waals surface area contributed by atoms with Crippen molar-refractivity contribution in [3.05, 3.63) is 101 Å². The molecule has 1 atom stereocenters. The highest BCUT2D eigenvalue weighted by Gasteiger charge is 2.22. The maximum atomic E-state index is 13.3. The predicted molar refractivity (Wildman–Crippen MR) is 141 cm³/mol. The zero-order valence-electron chi connectivity index (χ0n) is 20.6. The van der Waals surface area contributed by atoms with E-state index >= 15 is 0 Å². The van der Waals surface area contributed by atoms with Crippen LogP contribution < -0.4 is 15.5 Å². The van der Waals surface area contributed by atoms with Crippen LogP contribution in [0.2, 0.25) is 0 Å². The molecule has 2 aromatic carbocycles. The van der Waals surface area contributed by atoms with Gasteiger partial charge in [0.05, 0.1) is 30.1 Å². The first kappa shape index (κ1) is 24.2. The summed E-state index contributed by atoms with van der Waals surface area (Å²) in [6, 6.07) is 22.5. The van der Waals surface area contributed by atoms with Gasteiger partial charge in [0, 0.05) is 19.6 Å². The van der Waals surface area contributed by atoms with Crippen LogP contribution in [0.25, 0.3) is 0 Å². The number of aromatic nitrogens is 4. The van der Waals surface area contributed by atoms with E-state index in [-0.39, 0.29) is 5.91 Å². The van der Waals surface area contributed by atoms with Crippen molar-refractivity contribution < 1.29 is 4.79 Å². The molecular formula is C28H28N8O. The number of carbonyl (C=O) groups excluding carboxylic acids is 1. The van der Waals surface area contributed by atoms with Gasteiger partial charge < -0.3 is 20.1 Å². The van der Waals surface area contributed by atoms with Crippen molar-refractivity contribution in [3.63, 3.8) is 0 Å². The molecule has 0 spiro atoms. The molecule has 1 aliphatic heterocycles. The van der Waals surface area contributed by atoms with Crippen LogP contribution in [0.4, 0.5) is 11.5 Å². The number of pyridine rings is 1. The molecule has 2 aromatic heterocycles. The molecule has 0 aliphatic carbocycles. The highest BCUT2D eigenvalue weighted by molar-refractivity contribution is 5.94. The van der Waals surface area contributed by atoms with E-state index in [9.17, 15) is 4.79 Å². The number of anilines is 2. The van der Waals surface area contributed by atoms with Crippen LogP contribution in [0.15, 0.2) is 72.9 Å². The van der Waals surface area contributed by atoms with E-state index in [2.05, 4.69) is 41.4 Å². The van der Waals surface area contributed by atoms with Crippen molar-refractivity contribution in [3.8, 4) is 6.07 Å². The molecule has 0 bridgehead atoms. The minimum Gasteiger partial charge on any atom is -0.361 e. The van der Waals surface area contributed by atoms with Crippen molar-refractivity contribution in [2.24, 2.45) is 0 Å². The van der Waals surface area contributed by atoms with Gasteiger partial charge in [0.2, 0.25) is 5.91 Å². The number of hydrogen-bond acceptors (Lipinski definition) is 7. The molecule has 0 saturated heterocycles. The molecule has 9 nitrogen and oxygen atoms in total. The average molecular weight is 493 g/mol. The Morgan fingerprint density at radius 1 is 1.05 bits per heavy atom. The number of nitriles is 1. The fourth-order valence-corrected chi connectivity index (χ4v) is 4.48. The van der Waals surface area contributed by atoms with Crippen molar-refractivity contribution in [2.45, 2.75) is 32.5 Å². The third-order valence-corrected chi connectivity index (χ3v) is 6.54. The maximum absolute atomic E-state index is 13.3. The SMILES string of the molecule is Cc1nnc2n1CCN(c1ccc(NC(=O)[C@@H](NCCc3ccc(C#N)cc3)c3ccccc3)nc1)C2. The molecular weight excluding hydrogens is 464 g/mol. The number of amides is 1. The number of carbonyl (C=O) groups is 1. The number of hydrogen-bond donors (Lipinski definition) is 2. The van der Waals surface area contributed by atoms with E-state index in [1.54, 1.807) is 6.20 Å². The summed E-state index contributed by atoms with van der Waals surface area (Å²) in [6.07, 6.45) is 2.52. The second-order valence-corrected chi connectivity index (χ2v) is 8.98. The summed E-state index contributed by atoms with van der Waals surface area (Å²) in [5.74, 6) is 2.20. The number of rotatable bonds is 8. The van der Waals surface area contributed by atoms with Gasteiger partial charge in [-0.15, -0.1) is 10.2 Å². The number of aryl methyl sites for hydroxylation is 1. The number of nitrogens with one attached hydrogen (secondary N) is 2. The van der Waals surface area contributed by atoms with Gasteiger partial charge in [0.1, 0.15) is 17.7 Å². The molecule has 0 radical (unpaired) electrons. The molecule has 2 N–H and O–H groups in total. The zero-order valence-corrected chi connectivity index (χ0v) is 20.6. The normalized spacial score (nSPS) is 13.5. The lowest BCUT2D eigenvalue weighted by Crippen LogP contribution is -2.35. The van der Waals surface area contributed by atoms with Crippen molar-refractivity contribution in [1.29, 1.82) is 5.26 Å². The summed E-state index contributed by atoms with van der Waals surface area (Å²) in [4.78, 5) is 20.0. The summed E-state index contributed by atoms with van der Waals surface area (Å²) in [5, 5.41) is 23.8. The molecule has 0 unspecified atom stereocenters. The maximum Gasteiger partial charge on any atom is 0.247 e. The lowest BCUT2D eigenvalue weighted by atomic mass is 10.1. The monoisotopic (exact) mass is 492 g/mol. The van der Waals surface area contributed by atoms with Crippen LogP contribution in [0.1, 0.15) is 34.4 Å². The molecule has 9 heteroatoms. The Kier molecular flexibility index (Phi) is 7.19. The Morgan fingerprint density at radius 3 is 2.59 bits per heavy atom. The van der Waals surface area contributed by atoms with Gasteiger partial charge in [-0.25, -0.2) is 4.98 Å². The highest BCUT2D eigenvalue weighted by atomic mass is 16.2. The fraction of sp³-hybridized carbons (Fsp3) is 0.250. The molecule has 37 heavy (non-hydrogen) atoms. The quantitative estimate of drug-likeness (QED) is 0.388. The lowest BCUT2D eigenvalue weighted by Gasteiger charge is -2.29. The van der Waals surface area contributed by atoms with E-state index in [0.29, 0.717) is 24.5 Å². The van der Waals surface area contributed by atoms with Gasteiger partial charge in [-0.2, -0.15) is 5.26 Å². The Labute approximate surface area is 215 Å². The van der Waals surface area contributed by atoms with Gasteiger partial charge >= 0.3 is 0 Å². The third-order valence-electron chi connectivity index (χ3n) is 6.54. The smallest absolute Gasteiger partial charge is 0.247 e. The van der Waals surface area contributed by atoms with Gasteiger partial charge in [-0.3, -0.25) is 4.79 Å². The van der Waals surface area contributed by atoms with E-state index in [0.717, 1.165) is 48.0 Å². The molecule has 0 saturated carbocycles. The Bertz CT molecular complexity index is 1390. The summed E-state index contributed by atoms with van der Waals surface area (Å²) in [5.41, 5.74) is 3.59. The standard InChI is InChI=1S/C28H28N8O/c1-20-33-34-26-19-35(15-16-36(20)26)24-11-12-25(31-18-24)32-28(37)27(23-5-3-2-4-6-23)30-14-13-21-7-9-22(17-29)10-8-21/h2-12,18,27,30H,13-16,19H2,1H3,(H,31,32,37)/t27-/m0/s1. The third kappa shape index (κ3) is 5.66. The first-order valence-electron chi connectivity index (χ1n) is 12.3. The second-order valence-electron chi connectivity index (χ2n) is 8.98. The van der Waals surface area contributed by atoms with Crippen LogP contribution in [0.5, 0.6) is 0 Å². The topological polar surface area (TPSA) is 112 Å². The zero-order chi connectivity index (χ0) is 25.6. The molecule has 3 heterocycles. The summed E-state index contributed by atoms with van der Waals surface area (Å²) < 4.78 is 2.14. The molecule has 5 rings (SSSR count). The van der Waals surface area contributed by atoms with E-state index in [1.165, 1.54) is 0 Å². The van der Waals surface area contributed by atoms with Gasteiger partial charge in [-0.05, 0) is 48.7 Å². The van der Waals surface area contributed by atoms with E-state index in [4.69, 9.17) is 5.26 Å². The van der Waals surface area contributed by atoms with E-state index < -0.39 is 6.04 Å². The van der Waals surface area contributed by atoms with Crippen LogP contribution in [-0.4, -0.2) is 38.7 Å². The first-order chi connectivity index (χ1) is 18.1. The van der Waals surface area contributed by atoms with Crippen LogP contribution >= 0.6 is 0 Å². The summed E-state index contributed by atoms with van der Waals surface area (Å²) in [7, 11) is 0. The second kappa shape index (κ2) is 11.0. The minimum atomic E-state index is -0.530. The largest absolute Gasteiger partial charge is 0.361 e. The highest BCUT2D eigenvalue weighted by Crippen LogP contribution is 2.22.